The molecule has 2 N–H and O–H groups in total. The van der Waals surface area contributed by atoms with Gasteiger partial charge in [0, 0.05) is 24.7 Å². The highest BCUT2D eigenvalue weighted by molar-refractivity contribution is 6.30. The molecule has 1 saturated heterocycles. The molecule has 2 aliphatic heterocycles. The molecule has 1 aromatic carbocycles. The topological polar surface area (TPSA) is 73.4 Å². The van der Waals surface area contributed by atoms with Gasteiger partial charge >= 0.3 is 0 Å². The minimum atomic E-state index is 0.151. The van der Waals surface area contributed by atoms with Gasteiger partial charge in [-0.3, -0.25) is 4.79 Å². The van der Waals surface area contributed by atoms with Crippen LogP contribution in [0.1, 0.15) is 30.4 Å². The lowest BCUT2D eigenvalue weighted by Gasteiger charge is -2.30. The van der Waals surface area contributed by atoms with Gasteiger partial charge in [-0.25, -0.2) is 9.97 Å². The van der Waals surface area contributed by atoms with E-state index < -0.39 is 0 Å². The SMILES string of the molecule is CN1CC(=O)N(C2CCCNCC2)Cc2c(NCc3cccc(Cl)c3)ncnc21. The number of aromatic nitrogens is 2. The Hall–Kier alpha value is -2.38. The monoisotopic (exact) mass is 414 g/mol. The molecule has 29 heavy (non-hydrogen) atoms. The van der Waals surface area contributed by atoms with Crippen molar-refractivity contribution in [2.24, 2.45) is 0 Å². The van der Waals surface area contributed by atoms with Gasteiger partial charge < -0.3 is 20.4 Å². The van der Waals surface area contributed by atoms with E-state index in [0.717, 1.165) is 55.1 Å². The predicted octanol–water partition coefficient (Wildman–Crippen LogP) is 2.66. The number of carbonyl (C=O) groups excluding carboxylic acids is 1. The molecule has 3 heterocycles. The summed E-state index contributed by atoms with van der Waals surface area (Å²) in [5.41, 5.74) is 2.05. The van der Waals surface area contributed by atoms with Crippen molar-refractivity contribution >= 4 is 29.1 Å². The number of anilines is 2. The average molecular weight is 415 g/mol. The lowest BCUT2D eigenvalue weighted by atomic mass is 10.1. The van der Waals surface area contributed by atoms with Crippen molar-refractivity contribution in [2.45, 2.75) is 38.4 Å². The van der Waals surface area contributed by atoms with Gasteiger partial charge in [-0.2, -0.15) is 0 Å². The largest absolute Gasteiger partial charge is 0.366 e. The van der Waals surface area contributed by atoms with Crippen LogP contribution in [-0.4, -0.2) is 53.5 Å². The summed E-state index contributed by atoms with van der Waals surface area (Å²) in [6.07, 6.45) is 4.65. The second kappa shape index (κ2) is 8.97. The fourth-order valence-corrected chi connectivity index (χ4v) is 4.35. The van der Waals surface area contributed by atoms with E-state index in [9.17, 15) is 4.79 Å². The zero-order valence-electron chi connectivity index (χ0n) is 16.7. The zero-order valence-corrected chi connectivity index (χ0v) is 17.5. The third-order valence-corrected chi connectivity index (χ3v) is 5.88. The first-order chi connectivity index (χ1) is 14.1. The summed E-state index contributed by atoms with van der Waals surface area (Å²) in [6, 6.07) is 8.02. The van der Waals surface area contributed by atoms with Gasteiger partial charge in [-0.05, 0) is 50.0 Å². The maximum absolute atomic E-state index is 13.0. The first-order valence-electron chi connectivity index (χ1n) is 10.2. The maximum atomic E-state index is 13.0. The first kappa shape index (κ1) is 19.9. The number of halogens is 1. The van der Waals surface area contributed by atoms with Crippen LogP contribution in [0.4, 0.5) is 11.6 Å². The highest BCUT2D eigenvalue weighted by Gasteiger charge is 2.31. The second-order valence-electron chi connectivity index (χ2n) is 7.72. The summed E-state index contributed by atoms with van der Waals surface area (Å²) in [5.74, 6) is 1.74. The minimum absolute atomic E-state index is 0.151. The highest BCUT2D eigenvalue weighted by Crippen LogP contribution is 2.30. The molecular weight excluding hydrogens is 388 g/mol. The molecule has 8 heteroatoms. The molecule has 4 rings (SSSR count). The van der Waals surface area contributed by atoms with Gasteiger partial charge in [-0.15, -0.1) is 0 Å². The number of hydrogen-bond acceptors (Lipinski definition) is 6. The number of fused-ring (bicyclic) bond motifs is 1. The van der Waals surface area contributed by atoms with Crippen LogP contribution in [0, 0.1) is 0 Å². The molecule has 2 aliphatic rings. The number of rotatable bonds is 4. The van der Waals surface area contributed by atoms with Gasteiger partial charge in [-0.1, -0.05) is 23.7 Å². The van der Waals surface area contributed by atoms with Crippen LogP contribution >= 0.6 is 11.6 Å². The third-order valence-electron chi connectivity index (χ3n) is 5.64. The Labute approximate surface area is 176 Å². The number of carbonyl (C=O) groups is 1. The molecule has 1 amide bonds. The smallest absolute Gasteiger partial charge is 0.242 e. The Morgan fingerprint density at radius 2 is 2.14 bits per heavy atom. The van der Waals surface area contributed by atoms with Gasteiger partial charge in [0.2, 0.25) is 5.91 Å². The van der Waals surface area contributed by atoms with Gasteiger partial charge in [0.15, 0.2) is 0 Å². The Kier molecular flexibility index (Phi) is 6.16. The normalized spacial score (nSPS) is 20.1. The van der Waals surface area contributed by atoms with E-state index in [-0.39, 0.29) is 11.9 Å². The third kappa shape index (κ3) is 4.62. The van der Waals surface area contributed by atoms with Gasteiger partial charge in [0.05, 0.1) is 18.7 Å². The molecule has 1 aromatic heterocycles. The van der Waals surface area contributed by atoms with Crippen LogP contribution in [0.25, 0.3) is 0 Å². The fourth-order valence-electron chi connectivity index (χ4n) is 4.13. The summed E-state index contributed by atoms with van der Waals surface area (Å²) in [6.45, 7) is 3.44. The second-order valence-corrected chi connectivity index (χ2v) is 8.16. The quantitative estimate of drug-likeness (QED) is 0.801. The van der Waals surface area contributed by atoms with Crippen LogP contribution in [-0.2, 0) is 17.9 Å². The maximum Gasteiger partial charge on any atom is 0.242 e. The Bertz CT molecular complexity index is 868. The van der Waals surface area contributed by atoms with Crippen molar-refractivity contribution < 1.29 is 4.79 Å². The van der Waals surface area contributed by atoms with Crippen molar-refractivity contribution in [1.82, 2.24) is 20.2 Å². The molecule has 7 nitrogen and oxygen atoms in total. The van der Waals surface area contributed by atoms with E-state index >= 15 is 0 Å². The van der Waals surface area contributed by atoms with E-state index in [1.807, 2.05) is 41.1 Å². The van der Waals surface area contributed by atoms with Crippen molar-refractivity contribution in [3.05, 3.63) is 46.7 Å². The molecule has 1 unspecified atom stereocenters. The minimum Gasteiger partial charge on any atom is -0.366 e. The van der Waals surface area contributed by atoms with Crippen LogP contribution in [0.3, 0.4) is 0 Å². The molecule has 154 valence electrons. The number of benzene rings is 1. The van der Waals surface area contributed by atoms with Crippen LogP contribution in [0.5, 0.6) is 0 Å². The Morgan fingerprint density at radius 3 is 3.00 bits per heavy atom. The van der Waals surface area contributed by atoms with Crippen LogP contribution < -0.4 is 15.5 Å². The number of hydrogen-bond donors (Lipinski definition) is 2. The molecule has 1 fully saturated rings. The summed E-state index contributed by atoms with van der Waals surface area (Å²) in [5, 5.41) is 7.57. The van der Waals surface area contributed by atoms with Gasteiger partial charge in [0.25, 0.3) is 0 Å². The van der Waals surface area contributed by atoms with E-state index in [1.165, 1.54) is 0 Å². The summed E-state index contributed by atoms with van der Waals surface area (Å²) < 4.78 is 0. The lowest BCUT2D eigenvalue weighted by Crippen LogP contribution is -2.43. The van der Waals surface area contributed by atoms with Crippen molar-refractivity contribution in [1.29, 1.82) is 0 Å². The molecule has 0 bridgehead atoms. The summed E-state index contributed by atoms with van der Waals surface area (Å²) in [4.78, 5) is 26.0. The standard InChI is InChI=1S/C21H27ClN6O/c1-27-13-19(29)28(17-6-3-8-23-9-7-17)12-18-20(25-14-26-21(18)27)24-11-15-4-2-5-16(22)10-15/h2,4-5,10,14,17,23H,3,6-9,11-13H2,1H3,(H,24,25,26). The van der Waals surface area contributed by atoms with E-state index in [2.05, 4.69) is 20.6 Å². The van der Waals surface area contributed by atoms with Crippen molar-refractivity contribution in [3.8, 4) is 0 Å². The van der Waals surface area contributed by atoms with E-state index in [1.54, 1.807) is 6.33 Å². The molecule has 0 radical (unpaired) electrons. The molecular formula is C21H27ClN6O. The van der Waals surface area contributed by atoms with E-state index in [0.29, 0.717) is 24.7 Å². The van der Waals surface area contributed by atoms with E-state index in [4.69, 9.17) is 11.6 Å². The summed E-state index contributed by atoms with van der Waals surface area (Å²) >= 11 is 6.11. The highest BCUT2D eigenvalue weighted by atomic mass is 35.5. The molecule has 1 atom stereocenters. The van der Waals surface area contributed by atoms with Crippen molar-refractivity contribution in [2.75, 3.05) is 36.9 Å². The number of nitrogens with zero attached hydrogens (tertiary/aromatic N) is 4. The average Bonchev–Trinajstić information content (AvgIpc) is 3.05. The van der Waals surface area contributed by atoms with Crippen LogP contribution in [0.2, 0.25) is 5.02 Å². The molecule has 0 aliphatic carbocycles. The lowest BCUT2D eigenvalue weighted by molar-refractivity contribution is -0.132. The molecule has 0 spiro atoms. The number of amides is 1. The number of likely N-dealkylation sites (N-methyl/N-ethyl adjacent to an activating group) is 1. The predicted molar refractivity (Wildman–Crippen MR) is 115 cm³/mol. The van der Waals surface area contributed by atoms with Gasteiger partial charge in [0.1, 0.15) is 18.0 Å². The first-order valence-corrected chi connectivity index (χ1v) is 10.5. The van der Waals surface area contributed by atoms with Crippen molar-refractivity contribution in [3.63, 3.8) is 0 Å². The molecule has 0 saturated carbocycles. The summed E-state index contributed by atoms with van der Waals surface area (Å²) in [7, 11) is 1.92. The Balaban J connectivity index is 1.60. The number of nitrogens with one attached hydrogen (secondary N) is 2. The van der Waals surface area contributed by atoms with Crippen LogP contribution in [0.15, 0.2) is 30.6 Å². The fraction of sp³-hybridized carbons (Fsp3) is 0.476. The molecule has 2 aromatic rings. The Morgan fingerprint density at radius 1 is 1.24 bits per heavy atom. The zero-order chi connectivity index (χ0) is 20.2.